The molecule has 0 bridgehead atoms. The molecule has 16 heavy (non-hydrogen) atoms. The molecule has 1 atom stereocenters. The largest absolute Gasteiger partial charge is 0.353 e. The molecule has 1 aliphatic heterocycles. The molecule has 2 rings (SSSR count). The van der Waals surface area contributed by atoms with E-state index < -0.39 is 0 Å². The summed E-state index contributed by atoms with van der Waals surface area (Å²) < 4.78 is 0.922. The van der Waals surface area contributed by atoms with E-state index in [4.69, 9.17) is 11.6 Å². The molecule has 88 valence electrons. The minimum Gasteiger partial charge on any atom is -0.353 e. The maximum absolute atomic E-state index is 5.85. The Hall–Kier alpha value is -0.350. The second kappa shape index (κ2) is 5.32. The highest BCUT2D eigenvalue weighted by Gasteiger charge is 2.20. The standard InChI is InChI=1S/C11H15BrClN3/c1-8-5-3-2-4-6-16(8)10-9(12)7-14-11(13)15-10/h7-8H,2-6H2,1H3. The van der Waals surface area contributed by atoms with Crippen LogP contribution in [-0.2, 0) is 0 Å². The molecule has 1 unspecified atom stereocenters. The molecule has 1 aromatic heterocycles. The molecular formula is C11H15BrClN3. The molecule has 0 amide bonds. The van der Waals surface area contributed by atoms with Crippen molar-refractivity contribution in [3.63, 3.8) is 0 Å². The number of halogens is 2. The fourth-order valence-corrected chi connectivity index (χ4v) is 2.68. The van der Waals surface area contributed by atoms with E-state index in [0.717, 1.165) is 16.8 Å². The average Bonchev–Trinajstić information content (AvgIpc) is 2.47. The van der Waals surface area contributed by atoms with Crippen molar-refractivity contribution in [3.8, 4) is 0 Å². The molecule has 3 nitrogen and oxygen atoms in total. The highest BCUT2D eigenvalue weighted by atomic mass is 79.9. The van der Waals surface area contributed by atoms with E-state index in [1.165, 1.54) is 25.7 Å². The van der Waals surface area contributed by atoms with Gasteiger partial charge in [-0.2, -0.15) is 4.98 Å². The van der Waals surface area contributed by atoms with Crippen molar-refractivity contribution in [2.24, 2.45) is 0 Å². The van der Waals surface area contributed by atoms with Gasteiger partial charge in [-0.25, -0.2) is 4.98 Å². The van der Waals surface area contributed by atoms with Gasteiger partial charge in [0.15, 0.2) is 0 Å². The summed E-state index contributed by atoms with van der Waals surface area (Å²) in [5.41, 5.74) is 0. The SMILES string of the molecule is CC1CCCCCN1c1nc(Cl)ncc1Br. The highest BCUT2D eigenvalue weighted by Crippen LogP contribution is 2.29. The van der Waals surface area contributed by atoms with Crippen LogP contribution in [0.3, 0.4) is 0 Å². The Labute approximate surface area is 109 Å². The third-order valence-corrected chi connectivity index (χ3v) is 3.76. The van der Waals surface area contributed by atoms with Gasteiger partial charge in [0.1, 0.15) is 5.82 Å². The summed E-state index contributed by atoms with van der Waals surface area (Å²) in [5.74, 6) is 0.925. The van der Waals surface area contributed by atoms with Crippen molar-refractivity contribution in [1.82, 2.24) is 9.97 Å². The van der Waals surface area contributed by atoms with Crippen LogP contribution in [0.5, 0.6) is 0 Å². The van der Waals surface area contributed by atoms with Gasteiger partial charge in [-0.1, -0.05) is 12.8 Å². The smallest absolute Gasteiger partial charge is 0.224 e. The molecule has 5 heteroatoms. The van der Waals surface area contributed by atoms with Gasteiger partial charge in [-0.3, -0.25) is 0 Å². The molecule has 1 saturated heterocycles. The first kappa shape index (κ1) is 12.1. The van der Waals surface area contributed by atoms with Crippen molar-refractivity contribution in [3.05, 3.63) is 16.0 Å². The van der Waals surface area contributed by atoms with Crippen LogP contribution in [0.4, 0.5) is 5.82 Å². The van der Waals surface area contributed by atoms with Gasteiger partial charge in [-0.05, 0) is 47.3 Å². The van der Waals surface area contributed by atoms with E-state index in [2.05, 4.69) is 37.7 Å². The minimum absolute atomic E-state index is 0.314. The monoisotopic (exact) mass is 303 g/mol. The third-order valence-electron chi connectivity index (χ3n) is 3.02. The van der Waals surface area contributed by atoms with Crippen LogP contribution < -0.4 is 4.90 Å². The Bertz CT molecular complexity index is 372. The summed E-state index contributed by atoms with van der Waals surface area (Å²) >= 11 is 9.35. The van der Waals surface area contributed by atoms with Crippen molar-refractivity contribution in [1.29, 1.82) is 0 Å². The molecule has 0 aromatic carbocycles. The highest BCUT2D eigenvalue weighted by molar-refractivity contribution is 9.10. The molecule has 1 fully saturated rings. The lowest BCUT2D eigenvalue weighted by Crippen LogP contribution is -2.33. The predicted octanol–water partition coefficient (Wildman–Crippen LogP) is 3.66. The van der Waals surface area contributed by atoms with Crippen LogP contribution in [-0.4, -0.2) is 22.6 Å². The predicted molar refractivity (Wildman–Crippen MR) is 70.0 cm³/mol. The number of anilines is 1. The zero-order valence-electron chi connectivity index (χ0n) is 9.29. The van der Waals surface area contributed by atoms with Gasteiger partial charge in [0, 0.05) is 18.8 Å². The second-order valence-corrected chi connectivity index (χ2v) is 5.39. The molecule has 1 aliphatic rings. The number of nitrogens with zero attached hydrogens (tertiary/aromatic N) is 3. The number of hydrogen-bond donors (Lipinski definition) is 0. The van der Waals surface area contributed by atoms with Crippen molar-refractivity contribution in [2.75, 3.05) is 11.4 Å². The van der Waals surface area contributed by atoms with Crippen LogP contribution >= 0.6 is 27.5 Å². The Morgan fingerprint density at radius 3 is 3.06 bits per heavy atom. The maximum Gasteiger partial charge on any atom is 0.224 e. The van der Waals surface area contributed by atoms with E-state index >= 15 is 0 Å². The zero-order chi connectivity index (χ0) is 11.5. The lowest BCUT2D eigenvalue weighted by atomic mass is 10.1. The van der Waals surface area contributed by atoms with E-state index in [9.17, 15) is 0 Å². The Balaban J connectivity index is 2.29. The van der Waals surface area contributed by atoms with Crippen LogP contribution in [0, 0.1) is 0 Å². The van der Waals surface area contributed by atoms with Crippen LogP contribution in [0.1, 0.15) is 32.6 Å². The quantitative estimate of drug-likeness (QED) is 0.741. The minimum atomic E-state index is 0.314. The first-order valence-corrected chi connectivity index (χ1v) is 6.80. The molecule has 0 radical (unpaired) electrons. The van der Waals surface area contributed by atoms with E-state index in [0.29, 0.717) is 11.3 Å². The summed E-state index contributed by atoms with van der Waals surface area (Å²) in [7, 11) is 0. The fraction of sp³-hybridized carbons (Fsp3) is 0.636. The number of hydrogen-bond acceptors (Lipinski definition) is 3. The van der Waals surface area contributed by atoms with E-state index in [1.54, 1.807) is 6.20 Å². The van der Waals surface area contributed by atoms with Gasteiger partial charge in [0.05, 0.1) is 4.47 Å². The molecule has 0 spiro atoms. The summed E-state index contributed by atoms with van der Waals surface area (Å²) in [6, 6.07) is 0.518. The number of aromatic nitrogens is 2. The number of rotatable bonds is 1. The van der Waals surface area contributed by atoms with E-state index in [1.807, 2.05) is 0 Å². The molecule has 0 saturated carbocycles. The first-order chi connectivity index (χ1) is 7.68. The molecule has 0 aliphatic carbocycles. The van der Waals surface area contributed by atoms with Gasteiger partial charge in [0.2, 0.25) is 5.28 Å². The Morgan fingerprint density at radius 1 is 1.44 bits per heavy atom. The summed E-state index contributed by atoms with van der Waals surface area (Å²) in [6.07, 6.45) is 6.76. The first-order valence-electron chi connectivity index (χ1n) is 5.63. The maximum atomic E-state index is 5.85. The molecular weight excluding hydrogens is 289 g/mol. The normalized spacial score (nSPS) is 21.9. The van der Waals surface area contributed by atoms with Crippen LogP contribution in [0.2, 0.25) is 5.28 Å². The average molecular weight is 305 g/mol. The molecule has 2 heterocycles. The third kappa shape index (κ3) is 2.66. The van der Waals surface area contributed by atoms with Gasteiger partial charge in [0.25, 0.3) is 0 Å². The lowest BCUT2D eigenvalue weighted by Gasteiger charge is -2.28. The topological polar surface area (TPSA) is 29.0 Å². The van der Waals surface area contributed by atoms with E-state index in [-0.39, 0.29) is 0 Å². The summed E-state index contributed by atoms with van der Waals surface area (Å²) in [5, 5.41) is 0.314. The van der Waals surface area contributed by atoms with Gasteiger partial charge >= 0.3 is 0 Å². The van der Waals surface area contributed by atoms with Crippen molar-refractivity contribution >= 4 is 33.3 Å². The Kier molecular flexibility index (Phi) is 4.03. The zero-order valence-corrected chi connectivity index (χ0v) is 11.6. The summed E-state index contributed by atoms with van der Waals surface area (Å²) in [4.78, 5) is 10.6. The van der Waals surface area contributed by atoms with Gasteiger partial charge < -0.3 is 4.90 Å². The Morgan fingerprint density at radius 2 is 2.25 bits per heavy atom. The summed E-state index contributed by atoms with van der Waals surface area (Å²) in [6.45, 7) is 3.29. The van der Waals surface area contributed by atoms with Crippen LogP contribution in [0.25, 0.3) is 0 Å². The second-order valence-electron chi connectivity index (χ2n) is 4.20. The van der Waals surface area contributed by atoms with Crippen molar-refractivity contribution < 1.29 is 0 Å². The van der Waals surface area contributed by atoms with Crippen LogP contribution in [0.15, 0.2) is 10.7 Å². The lowest BCUT2D eigenvalue weighted by molar-refractivity contribution is 0.610. The molecule has 0 N–H and O–H groups in total. The van der Waals surface area contributed by atoms with Crippen molar-refractivity contribution in [2.45, 2.75) is 38.6 Å². The molecule has 1 aromatic rings. The fourth-order valence-electron chi connectivity index (χ4n) is 2.13. The van der Waals surface area contributed by atoms with Gasteiger partial charge in [-0.15, -0.1) is 0 Å².